The van der Waals surface area contributed by atoms with Crippen molar-refractivity contribution in [1.82, 2.24) is 19.8 Å². The van der Waals surface area contributed by atoms with Gasteiger partial charge in [0.1, 0.15) is 0 Å². The third kappa shape index (κ3) is 3.64. The van der Waals surface area contributed by atoms with Crippen LogP contribution in [0.5, 0.6) is 0 Å². The summed E-state index contributed by atoms with van der Waals surface area (Å²) < 4.78 is 2.64. The molecule has 0 aliphatic carbocycles. The predicted octanol–water partition coefficient (Wildman–Crippen LogP) is 4.44. The first-order valence-corrected chi connectivity index (χ1v) is 9.56. The molecule has 1 aromatic carbocycles. The van der Waals surface area contributed by atoms with Crippen molar-refractivity contribution < 1.29 is 0 Å². The molecule has 5 nitrogen and oxygen atoms in total. The van der Waals surface area contributed by atoms with Crippen LogP contribution < -0.4 is 5.73 Å². The van der Waals surface area contributed by atoms with Gasteiger partial charge in [-0.1, -0.05) is 66.2 Å². The Morgan fingerprint density at radius 2 is 2.09 bits per heavy atom. The van der Waals surface area contributed by atoms with Gasteiger partial charge >= 0.3 is 0 Å². The van der Waals surface area contributed by atoms with Crippen molar-refractivity contribution in [3.05, 3.63) is 39.6 Å². The Hall–Kier alpha value is -0.860. The lowest BCUT2D eigenvalue weighted by molar-refractivity contribution is 0.479. The summed E-state index contributed by atoms with van der Waals surface area (Å²) in [7, 11) is 0. The standard InChI is InChI=1S/C14H15Cl2N5S2/c1-7(2)11(17)12-18-19-13-21(12)20-14(23-13)22-6-8-3-4-9(15)5-10(8)16/h3-5,7,11H,6,17H2,1-2H3. The average molecular weight is 388 g/mol. The van der Waals surface area contributed by atoms with Crippen LogP contribution in [0, 0.1) is 5.92 Å². The van der Waals surface area contributed by atoms with E-state index >= 15 is 0 Å². The molecule has 23 heavy (non-hydrogen) atoms. The first-order valence-electron chi connectivity index (χ1n) is 7.00. The minimum absolute atomic E-state index is 0.185. The van der Waals surface area contributed by atoms with E-state index < -0.39 is 0 Å². The second-order valence-electron chi connectivity index (χ2n) is 5.41. The number of thioether (sulfide) groups is 1. The number of benzene rings is 1. The first-order chi connectivity index (χ1) is 11.0. The molecular weight excluding hydrogens is 373 g/mol. The Morgan fingerprint density at radius 3 is 2.78 bits per heavy atom. The van der Waals surface area contributed by atoms with Gasteiger partial charge in [0.2, 0.25) is 4.96 Å². The number of hydrogen-bond acceptors (Lipinski definition) is 6. The highest BCUT2D eigenvalue weighted by Gasteiger charge is 2.20. The number of aromatic nitrogens is 4. The normalized spacial score (nSPS) is 13.1. The van der Waals surface area contributed by atoms with E-state index in [-0.39, 0.29) is 12.0 Å². The maximum atomic E-state index is 6.20. The van der Waals surface area contributed by atoms with E-state index in [0.29, 0.717) is 21.6 Å². The van der Waals surface area contributed by atoms with Crippen LogP contribution in [0.3, 0.4) is 0 Å². The van der Waals surface area contributed by atoms with Crippen LogP contribution in [0.25, 0.3) is 4.96 Å². The maximum Gasteiger partial charge on any atom is 0.235 e. The molecular formula is C14H15Cl2N5S2. The van der Waals surface area contributed by atoms with Crippen LogP contribution in [-0.2, 0) is 5.75 Å². The highest BCUT2D eigenvalue weighted by Crippen LogP contribution is 2.31. The van der Waals surface area contributed by atoms with E-state index in [4.69, 9.17) is 28.9 Å². The summed E-state index contributed by atoms with van der Waals surface area (Å²) in [6.45, 7) is 4.10. The number of fused-ring (bicyclic) bond motifs is 1. The van der Waals surface area contributed by atoms with Crippen molar-refractivity contribution in [1.29, 1.82) is 0 Å². The van der Waals surface area contributed by atoms with E-state index in [1.54, 1.807) is 22.3 Å². The van der Waals surface area contributed by atoms with Crippen LogP contribution >= 0.6 is 46.3 Å². The molecule has 0 bridgehead atoms. The summed E-state index contributed by atoms with van der Waals surface area (Å²) in [5, 5.41) is 14.2. The summed E-state index contributed by atoms with van der Waals surface area (Å²) in [5.74, 6) is 1.68. The molecule has 2 aromatic heterocycles. The minimum Gasteiger partial charge on any atom is -0.321 e. The lowest BCUT2D eigenvalue weighted by Crippen LogP contribution is -2.20. The fourth-order valence-corrected chi connectivity index (χ4v) is 4.40. The third-order valence-electron chi connectivity index (χ3n) is 3.38. The van der Waals surface area contributed by atoms with Gasteiger partial charge in [-0.3, -0.25) is 0 Å². The SMILES string of the molecule is CC(C)C(N)c1nnc2sc(SCc3ccc(Cl)cc3Cl)nn12. The Labute approximate surface area is 152 Å². The molecule has 3 rings (SSSR count). The Morgan fingerprint density at radius 1 is 1.30 bits per heavy atom. The second kappa shape index (κ2) is 6.94. The van der Waals surface area contributed by atoms with Gasteiger partial charge < -0.3 is 5.73 Å². The maximum absolute atomic E-state index is 6.20. The molecule has 0 amide bonds. The van der Waals surface area contributed by atoms with Gasteiger partial charge in [0.25, 0.3) is 0 Å². The largest absolute Gasteiger partial charge is 0.321 e. The van der Waals surface area contributed by atoms with Gasteiger partial charge in [-0.25, -0.2) is 0 Å². The summed E-state index contributed by atoms with van der Waals surface area (Å²) in [5.41, 5.74) is 7.18. The van der Waals surface area contributed by atoms with Gasteiger partial charge in [0.05, 0.1) is 6.04 Å². The molecule has 1 atom stereocenters. The van der Waals surface area contributed by atoms with E-state index in [1.807, 2.05) is 12.1 Å². The van der Waals surface area contributed by atoms with Crippen LogP contribution in [0.4, 0.5) is 0 Å². The fraction of sp³-hybridized carbons (Fsp3) is 0.357. The lowest BCUT2D eigenvalue weighted by atomic mass is 10.1. The minimum atomic E-state index is -0.185. The molecule has 122 valence electrons. The fourth-order valence-electron chi connectivity index (χ4n) is 1.96. The summed E-state index contributed by atoms with van der Waals surface area (Å²) in [6, 6.07) is 5.33. The quantitative estimate of drug-likeness (QED) is 0.655. The highest BCUT2D eigenvalue weighted by atomic mass is 35.5. The monoisotopic (exact) mass is 387 g/mol. The molecule has 1 unspecified atom stereocenters. The third-order valence-corrected chi connectivity index (χ3v) is 6.05. The Kier molecular flexibility index (Phi) is 5.13. The van der Waals surface area contributed by atoms with Gasteiger partial charge in [-0.05, 0) is 23.6 Å². The van der Waals surface area contributed by atoms with Gasteiger partial charge in [0, 0.05) is 15.8 Å². The summed E-state index contributed by atoms with van der Waals surface area (Å²) in [4.78, 5) is 0.751. The van der Waals surface area contributed by atoms with Crippen molar-refractivity contribution in [2.24, 2.45) is 11.7 Å². The molecule has 0 aliphatic heterocycles. The van der Waals surface area contributed by atoms with Crippen molar-refractivity contribution in [2.75, 3.05) is 0 Å². The molecule has 9 heteroatoms. The van der Waals surface area contributed by atoms with Crippen molar-refractivity contribution >= 4 is 51.3 Å². The van der Waals surface area contributed by atoms with E-state index in [1.165, 1.54) is 11.3 Å². The summed E-state index contributed by atoms with van der Waals surface area (Å²) in [6.07, 6.45) is 0. The van der Waals surface area contributed by atoms with Crippen LogP contribution in [0.2, 0.25) is 10.0 Å². The van der Waals surface area contributed by atoms with Crippen molar-refractivity contribution in [2.45, 2.75) is 30.0 Å². The smallest absolute Gasteiger partial charge is 0.235 e. The van der Waals surface area contributed by atoms with Crippen LogP contribution in [0.1, 0.15) is 31.3 Å². The van der Waals surface area contributed by atoms with E-state index in [9.17, 15) is 0 Å². The van der Waals surface area contributed by atoms with E-state index in [0.717, 1.165) is 14.9 Å². The number of halogens is 2. The summed E-state index contributed by atoms with van der Waals surface area (Å²) >= 11 is 15.2. The van der Waals surface area contributed by atoms with Crippen LogP contribution in [0.15, 0.2) is 22.5 Å². The zero-order chi connectivity index (χ0) is 16.6. The molecule has 0 fully saturated rings. The molecule has 0 saturated carbocycles. The average Bonchev–Trinajstić information content (AvgIpc) is 3.05. The Bertz CT molecular complexity index is 830. The molecule has 2 N–H and O–H groups in total. The van der Waals surface area contributed by atoms with Crippen molar-refractivity contribution in [3.8, 4) is 0 Å². The highest BCUT2D eigenvalue weighted by molar-refractivity contribution is 8.00. The molecule has 0 aliphatic rings. The molecule has 2 heterocycles. The molecule has 0 radical (unpaired) electrons. The first kappa shape index (κ1) is 17.0. The number of rotatable bonds is 5. The number of nitrogens with two attached hydrogens (primary N) is 1. The molecule has 0 saturated heterocycles. The Balaban J connectivity index is 1.79. The van der Waals surface area contributed by atoms with Gasteiger partial charge in [-0.2, -0.15) is 4.52 Å². The number of hydrogen-bond donors (Lipinski definition) is 1. The van der Waals surface area contributed by atoms with Crippen molar-refractivity contribution in [3.63, 3.8) is 0 Å². The van der Waals surface area contributed by atoms with Crippen LogP contribution in [-0.4, -0.2) is 19.8 Å². The number of nitrogens with zero attached hydrogens (tertiary/aromatic N) is 4. The zero-order valence-electron chi connectivity index (χ0n) is 12.5. The predicted molar refractivity (Wildman–Crippen MR) is 96.4 cm³/mol. The second-order valence-corrected chi connectivity index (χ2v) is 8.44. The van der Waals surface area contributed by atoms with E-state index in [2.05, 4.69) is 29.1 Å². The zero-order valence-corrected chi connectivity index (χ0v) is 15.7. The lowest BCUT2D eigenvalue weighted by Gasteiger charge is -2.11. The topological polar surface area (TPSA) is 69.1 Å². The van der Waals surface area contributed by atoms with Gasteiger partial charge in [0.15, 0.2) is 10.2 Å². The molecule has 3 aromatic rings. The van der Waals surface area contributed by atoms with Gasteiger partial charge in [-0.15, -0.1) is 15.3 Å². The molecule has 0 spiro atoms.